The summed E-state index contributed by atoms with van der Waals surface area (Å²) in [5.41, 5.74) is 2.25. The Morgan fingerprint density at radius 1 is 1.15 bits per heavy atom. The van der Waals surface area contributed by atoms with Gasteiger partial charge >= 0.3 is 5.92 Å². The number of halogens is 3. The Morgan fingerprint density at radius 2 is 1.95 bits per heavy atom. The van der Waals surface area contributed by atoms with Crippen LogP contribution in [0, 0.1) is 12.7 Å². The molecule has 0 fully saturated rings. The molecule has 0 unspecified atom stereocenters. The predicted octanol–water partition coefficient (Wildman–Crippen LogP) is 5.35. The zero-order valence-electron chi connectivity index (χ0n) is 21.4. The van der Waals surface area contributed by atoms with Crippen molar-refractivity contribution in [2.24, 2.45) is 7.05 Å². The summed E-state index contributed by atoms with van der Waals surface area (Å²) >= 11 is 0. The van der Waals surface area contributed by atoms with Crippen LogP contribution in [-0.2, 0) is 19.5 Å². The van der Waals surface area contributed by atoms with Crippen molar-refractivity contribution in [2.45, 2.75) is 38.8 Å². The number of aromatic nitrogens is 8. The summed E-state index contributed by atoms with van der Waals surface area (Å²) in [5, 5.41) is 15.3. The van der Waals surface area contributed by atoms with E-state index in [1.807, 2.05) is 43.8 Å². The van der Waals surface area contributed by atoms with Gasteiger partial charge in [0, 0.05) is 37.6 Å². The van der Waals surface area contributed by atoms with Gasteiger partial charge in [0.05, 0.1) is 29.2 Å². The monoisotopic (exact) mass is 553 g/mol. The molecule has 0 amide bonds. The largest absolute Gasteiger partial charge is 0.342 e. The van der Waals surface area contributed by atoms with Crippen molar-refractivity contribution in [2.75, 3.05) is 5.32 Å². The molecule has 13 heteroatoms. The minimum Gasteiger partial charge on any atom is -0.342 e. The van der Waals surface area contributed by atoms with E-state index in [0.29, 0.717) is 36.1 Å². The first-order valence-corrected chi connectivity index (χ1v) is 12.2. The number of hydrogen-bond acceptors (Lipinski definition) is 6. The molecular formula is C26H26F3N9S. The lowest BCUT2D eigenvalue weighted by Crippen LogP contribution is -2.29. The van der Waals surface area contributed by atoms with Crippen molar-refractivity contribution in [3.63, 3.8) is 0 Å². The quantitative estimate of drug-likeness (QED) is 0.305. The van der Waals surface area contributed by atoms with Gasteiger partial charge in [-0.1, -0.05) is 19.1 Å². The van der Waals surface area contributed by atoms with Crippen molar-refractivity contribution < 1.29 is 13.2 Å². The molecule has 0 spiro atoms. The lowest BCUT2D eigenvalue weighted by atomic mass is 10.1. The Bertz CT molecular complexity index is 1660. The number of alkyl halides is 2. The molecule has 1 atom stereocenters. The van der Waals surface area contributed by atoms with Crippen LogP contribution in [0.5, 0.6) is 0 Å². The molecule has 1 aromatic carbocycles. The van der Waals surface area contributed by atoms with E-state index in [9.17, 15) is 4.39 Å². The fourth-order valence-electron chi connectivity index (χ4n) is 4.87. The SMILES string of the molecule is CC[C@H]1Cn2cc(-c3nc(Nc4ccnn4C)ncc3C)cc2-c2nnc(C(F)(F)c3ccccc3F)n21.S. The number of hydrogen-bond donors (Lipinski definition) is 1. The maximum absolute atomic E-state index is 15.6. The molecular weight excluding hydrogens is 527 g/mol. The maximum Gasteiger partial charge on any atom is 0.334 e. The molecule has 5 heterocycles. The highest BCUT2D eigenvalue weighted by molar-refractivity contribution is 7.59. The van der Waals surface area contributed by atoms with Gasteiger partial charge in [0.1, 0.15) is 11.6 Å². The summed E-state index contributed by atoms with van der Waals surface area (Å²) in [4.78, 5) is 9.09. The molecule has 0 radical (unpaired) electrons. The molecule has 1 aliphatic rings. The second-order valence-corrected chi connectivity index (χ2v) is 9.29. The second-order valence-electron chi connectivity index (χ2n) is 9.29. The molecule has 0 bridgehead atoms. The average Bonchev–Trinajstić information content (AvgIpc) is 3.63. The summed E-state index contributed by atoms with van der Waals surface area (Å²) in [7, 11) is 1.81. The van der Waals surface area contributed by atoms with Crippen LogP contribution in [0.25, 0.3) is 22.8 Å². The number of nitrogens with one attached hydrogen (secondary N) is 1. The van der Waals surface area contributed by atoms with E-state index in [1.54, 1.807) is 17.1 Å². The summed E-state index contributed by atoms with van der Waals surface area (Å²) < 4.78 is 50.7. The van der Waals surface area contributed by atoms with Gasteiger partial charge in [-0.3, -0.25) is 9.25 Å². The zero-order chi connectivity index (χ0) is 26.6. The van der Waals surface area contributed by atoms with E-state index in [-0.39, 0.29) is 19.5 Å². The smallest absolute Gasteiger partial charge is 0.334 e. The fourth-order valence-corrected chi connectivity index (χ4v) is 4.87. The van der Waals surface area contributed by atoms with Crippen molar-refractivity contribution >= 4 is 25.3 Å². The first-order chi connectivity index (χ1) is 18.3. The zero-order valence-corrected chi connectivity index (χ0v) is 22.4. The molecule has 6 rings (SSSR count). The van der Waals surface area contributed by atoms with E-state index < -0.39 is 23.1 Å². The highest BCUT2D eigenvalue weighted by Crippen LogP contribution is 2.42. The minimum atomic E-state index is -3.66. The summed E-state index contributed by atoms with van der Waals surface area (Å²) in [6.45, 7) is 4.26. The molecule has 5 aromatic rings. The number of aryl methyl sites for hydroxylation is 2. The predicted molar refractivity (Wildman–Crippen MR) is 145 cm³/mol. The standard InChI is InChI=1S/C26H24F3N9.H2S/c1-4-17-14-37-13-16(22-15(2)12-30-25(33-22)32-21-9-10-31-36(21)3)11-20(37)23-34-35-24(38(17)23)26(28,29)18-7-5-6-8-19(18)27;/h5-13,17H,4,14H2,1-3H3,(H,30,32,33);1H2/t17-;/m0./s1. The van der Waals surface area contributed by atoms with Gasteiger partial charge in [0.15, 0.2) is 5.82 Å². The number of rotatable bonds is 6. The molecule has 202 valence electrons. The van der Waals surface area contributed by atoms with Gasteiger partial charge in [-0.15, -0.1) is 10.2 Å². The van der Waals surface area contributed by atoms with Crippen LogP contribution < -0.4 is 5.32 Å². The lowest BCUT2D eigenvalue weighted by molar-refractivity contribution is 0.0226. The van der Waals surface area contributed by atoms with E-state index in [0.717, 1.165) is 29.1 Å². The molecule has 9 nitrogen and oxygen atoms in total. The fraction of sp³-hybridized carbons (Fsp3) is 0.269. The Morgan fingerprint density at radius 3 is 2.67 bits per heavy atom. The third kappa shape index (κ3) is 4.36. The molecule has 0 aliphatic carbocycles. The third-order valence-corrected chi connectivity index (χ3v) is 6.86. The first kappa shape index (κ1) is 26.5. The molecule has 1 N–H and O–H groups in total. The van der Waals surface area contributed by atoms with Crippen LogP contribution in [0.4, 0.5) is 24.9 Å². The molecule has 0 saturated carbocycles. The topological polar surface area (TPSA) is 91.3 Å². The minimum absolute atomic E-state index is 0. The maximum atomic E-state index is 15.6. The molecule has 39 heavy (non-hydrogen) atoms. The van der Waals surface area contributed by atoms with Gasteiger partial charge in [0.2, 0.25) is 11.8 Å². The number of fused-ring (bicyclic) bond motifs is 3. The van der Waals surface area contributed by atoms with E-state index in [1.165, 1.54) is 16.7 Å². The Labute approximate surface area is 229 Å². The van der Waals surface area contributed by atoms with Crippen LogP contribution in [0.2, 0.25) is 0 Å². The number of nitrogens with zero attached hydrogens (tertiary/aromatic N) is 8. The molecule has 4 aromatic heterocycles. The lowest BCUT2D eigenvalue weighted by Gasteiger charge is -2.29. The van der Waals surface area contributed by atoms with Crippen LogP contribution in [0.15, 0.2) is 55.0 Å². The van der Waals surface area contributed by atoms with Crippen LogP contribution in [-0.4, -0.2) is 39.1 Å². The summed E-state index contributed by atoms with van der Waals surface area (Å²) in [5.74, 6) is -3.77. The highest BCUT2D eigenvalue weighted by Gasteiger charge is 2.45. The Hall–Kier alpha value is -4.13. The van der Waals surface area contributed by atoms with Gasteiger partial charge in [-0.25, -0.2) is 14.4 Å². The van der Waals surface area contributed by atoms with Gasteiger partial charge < -0.3 is 9.88 Å². The number of benzene rings is 1. The van der Waals surface area contributed by atoms with Crippen LogP contribution >= 0.6 is 13.5 Å². The number of anilines is 2. The first-order valence-electron chi connectivity index (χ1n) is 12.2. The van der Waals surface area contributed by atoms with E-state index in [2.05, 4.69) is 25.6 Å². The average molecular weight is 554 g/mol. The van der Waals surface area contributed by atoms with Crippen molar-refractivity contribution in [3.05, 3.63) is 77.8 Å². The third-order valence-electron chi connectivity index (χ3n) is 6.86. The van der Waals surface area contributed by atoms with Gasteiger partial charge in [-0.05, 0) is 37.1 Å². The molecule has 1 aliphatic heterocycles. The summed E-state index contributed by atoms with van der Waals surface area (Å²) in [6, 6.07) is 8.20. The van der Waals surface area contributed by atoms with Crippen LogP contribution in [0.1, 0.15) is 36.3 Å². The normalized spacial score (nSPS) is 14.5. The van der Waals surface area contributed by atoms with Crippen molar-refractivity contribution in [3.8, 4) is 22.8 Å². The second kappa shape index (κ2) is 9.88. The van der Waals surface area contributed by atoms with Crippen molar-refractivity contribution in [1.29, 1.82) is 0 Å². The van der Waals surface area contributed by atoms with E-state index in [4.69, 9.17) is 4.98 Å². The van der Waals surface area contributed by atoms with E-state index >= 15 is 8.78 Å². The van der Waals surface area contributed by atoms with Gasteiger partial charge in [0.25, 0.3) is 0 Å². The summed E-state index contributed by atoms with van der Waals surface area (Å²) in [6.07, 6.45) is 5.89. The van der Waals surface area contributed by atoms with Gasteiger partial charge in [-0.2, -0.15) is 27.4 Å². The van der Waals surface area contributed by atoms with Crippen LogP contribution in [0.3, 0.4) is 0 Å². The van der Waals surface area contributed by atoms with Crippen molar-refractivity contribution in [1.82, 2.24) is 39.1 Å². The Balaban J connectivity index is 0.00000308. The Kier molecular flexibility index (Phi) is 6.70. The highest BCUT2D eigenvalue weighted by atomic mass is 32.1. The molecule has 0 saturated heterocycles.